The molecule has 2 N–H and O–H groups in total. The molecule has 5 nitrogen and oxygen atoms in total. The Labute approximate surface area is 99.6 Å². The molecule has 0 radical (unpaired) electrons. The van der Waals surface area contributed by atoms with Crippen LogP contribution in [0.4, 0.5) is 11.5 Å². The van der Waals surface area contributed by atoms with Gasteiger partial charge in [-0.3, -0.25) is 0 Å². The summed E-state index contributed by atoms with van der Waals surface area (Å²) in [4.78, 5) is 10.0. The second-order valence-electron chi connectivity index (χ2n) is 3.96. The van der Waals surface area contributed by atoms with Crippen LogP contribution in [0.1, 0.15) is 13.3 Å². The summed E-state index contributed by atoms with van der Waals surface area (Å²) in [5, 5.41) is 0.211. The number of anilines is 2. The van der Waals surface area contributed by atoms with Crippen molar-refractivity contribution < 1.29 is 4.74 Å². The first-order valence-electron chi connectivity index (χ1n) is 5.22. The maximum atomic E-state index is 5.84. The van der Waals surface area contributed by atoms with Crippen LogP contribution in [0.3, 0.4) is 0 Å². The molecule has 0 spiro atoms. The Morgan fingerprint density at radius 1 is 1.62 bits per heavy atom. The van der Waals surface area contributed by atoms with Crippen molar-refractivity contribution in [3.05, 3.63) is 11.5 Å². The molecule has 1 aliphatic heterocycles. The molecular formula is C10H15ClN4O. The van der Waals surface area contributed by atoms with Gasteiger partial charge in [-0.15, -0.1) is 0 Å². The van der Waals surface area contributed by atoms with Crippen LogP contribution < -0.4 is 10.6 Å². The van der Waals surface area contributed by atoms with Crippen LogP contribution in [-0.4, -0.2) is 35.8 Å². The van der Waals surface area contributed by atoms with Gasteiger partial charge in [-0.05, 0) is 24.9 Å². The lowest BCUT2D eigenvalue weighted by Gasteiger charge is -2.28. The predicted molar refractivity (Wildman–Crippen MR) is 63.7 cm³/mol. The Hall–Kier alpha value is -1.07. The third-order valence-corrected chi connectivity index (χ3v) is 3.12. The van der Waals surface area contributed by atoms with Crippen LogP contribution in [0.2, 0.25) is 5.28 Å². The van der Waals surface area contributed by atoms with Crippen molar-refractivity contribution in [3.8, 4) is 0 Å². The summed E-state index contributed by atoms with van der Waals surface area (Å²) in [6.07, 6.45) is 2.68. The van der Waals surface area contributed by atoms with Crippen molar-refractivity contribution >= 4 is 23.1 Å². The smallest absolute Gasteiger partial charge is 0.224 e. The molecular weight excluding hydrogens is 228 g/mol. The minimum absolute atomic E-state index is 0.179. The summed E-state index contributed by atoms with van der Waals surface area (Å²) in [7, 11) is 1.95. The van der Waals surface area contributed by atoms with Crippen molar-refractivity contribution in [2.75, 3.05) is 24.3 Å². The van der Waals surface area contributed by atoms with E-state index in [1.165, 1.54) is 6.20 Å². The lowest BCUT2D eigenvalue weighted by Crippen LogP contribution is -2.37. The van der Waals surface area contributed by atoms with E-state index in [9.17, 15) is 0 Å². The van der Waals surface area contributed by atoms with Gasteiger partial charge < -0.3 is 15.4 Å². The van der Waals surface area contributed by atoms with E-state index in [4.69, 9.17) is 22.1 Å². The molecule has 2 rings (SSSR count). The molecule has 0 saturated carbocycles. The molecule has 0 bridgehead atoms. The van der Waals surface area contributed by atoms with Crippen LogP contribution in [0.5, 0.6) is 0 Å². The predicted octanol–water partition coefficient (Wildman–Crippen LogP) is 1.33. The molecule has 6 heteroatoms. The summed E-state index contributed by atoms with van der Waals surface area (Å²) in [5.74, 6) is 0.669. The molecule has 1 aromatic rings. The monoisotopic (exact) mass is 242 g/mol. The first kappa shape index (κ1) is 11.4. The third kappa shape index (κ3) is 2.05. The number of nitrogens with zero attached hydrogens (tertiary/aromatic N) is 3. The zero-order valence-electron chi connectivity index (χ0n) is 9.35. The fourth-order valence-electron chi connectivity index (χ4n) is 2.03. The Kier molecular flexibility index (Phi) is 3.16. The van der Waals surface area contributed by atoms with Crippen molar-refractivity contribution in [1.29, 1.82) is 0 Å². The molecule has 1 aliphatic rings. The maximum absolute atomic E-state index is 5.84. The number of halogens is 1. The van der Waals surface area contributed by atoms with Gasteiger partial charge in [-0.25, -0.2) is 4.98 Å². The minimum Gasteiger partial charge on any atom is -0.394 e. The van der Waals surface area contributed by atoms with Crippen molar-refractivity contribution in [1.82, 2.24) is 9.97 Å². The van der Waals surface area contributed by atoms with E-state index in [-0.39, 0.29) is 17.4 Å². The van der Waals surface area contributed by atoms with Crippen LogP contribution in [0.25, 0.3) is 0 Å². The highest BCUT2D eigenvalue weighted by atomic mass is 35.5. The topological polar surface area (TPSA) is 64.3 Å². The van der Waals surface area contributed by atoms with Crippen LogP contribution in [-0.2, 0) is 4.74 Å². The van der Waals surface area contributed by atoms with Gasteiger partial charge in [0.1, 0.15) is 0 Å². The second kappa shape index (κ2) is 4.43. The molecule has 2 heterocycles. The lowest BCUT2D eigenvalue weighted by atomic mass is 10.1. The number of nitrogens with two attached hydrogens (primary N) is 1. The lowest BCUT2D eigenvalue weighted by molar-refractivity contribution is 0.118. The van der Waals surface area contributed by atoms with Gasteiger partial charge in [0, 0.05) is 13.7 Å². The fraction of sp³-hybridized carbons (Fsp3) is 0.600. The number of hydrogen-bond donors (Lipinski definition) is 1. The quantitative estimate of drug-likeness (QED) is 0.793. The van der Waals surface area contributed by atoms with E-state index in [0.29, 0.717) is 11.5 Å². The zero-order valence-corrected chi connectivity index (χ0v) is 10.1. The van der Waals surface area contributed by atoms with Gasteiger partial charge >= 0.3 is 0 Å². The number of rotatable bonds is 2. The number of aromatic nitrogens is 2. The fourth-order valence-corrected chi connectivity index (χ4v) is 2.16. The number of ether oxygens (including phenoxy) is 1. The van der Waals surface area contributed by atoms with Crippen LogP contribution in [0, 0.1) is 0 Å². The van der Waals surface area contributed by atoms with E-state index in [1.807, 2.05) is 18.9 Å². The molecule has 1 fully saturated rings. The summed E-state index contributed by atoms with van der Waals surface area (Å²) >= 11 is 5.77. The minimum atomic E-state index is 0.179. The third-order valence-electron chi connectivity index (χ3n) is 2.93. The maximum Gasteiger partial charge on any atom is 0.224 e. The highest BCUT2D eigenvalue weighted by molar-refractivity contribution is 6.28. The first-order valence-corrected chi connectivity index (χ1v) is 5.60. The Morgan fingerprint density at radius 2 is 2.38 bits per heavy atom. The molecule has 1 aromatic heterocycles. The van der Waals surface area contributed by atoms with Gasteiger partial charge in [0.2, 0.25) is 5.28 Å². The summed E-state index contributed by atoms with van der Waals surface area (Å²) in [6.45, 7) is 2.82. The Balaban J connectivity index is 2.25. The van der Waals surface area contributed by atoms with E-state index in [1.54, 1.807) is 0 Å². The summed E-state index contributed by atoms with van der Waals surface area (Å²) < 4.78 is 5.52. The summed E-state index contributed by atoms with van der Waals surface area (Å²) in [6, 6.07) is 0.285. The largest absolute Gasteiger partial charge is 0.394 e. The highest BCUT2D eigenvalue weighted by Gasteiger charge is 2.29. The van der Waals surface area contributed by atoms with Crippen LogP contribution >= 0.6 is 11.6 Å². The average molecular weight is 243 g/mol. The summed E-state index contributed by atoms with van der Waals surface area (Å²) in [5.41, 5.74) is 6.37. The standard InChI is InChI=1S/C10H15ClN4O/c1-6-8(3-4-16-6)15(2)9-7(12)5-13-10(11)14-9/h5-6,8H,3-4,12H2,1-2H3. The normalized spacial score (nSPS) is 24.7. The Morgan fingerprint density at radius 3 is 3.00 bits per heavy atom. The molecule has 2 unspecified atom stereocenters. The molecule has 88 valence electrons. The van der Waals surface area contributed by atoms with Gasteiger partial charge in [-0.1, -0.05) is 0 Å². The highest BCUT2D eigenvalue weighted by Crippen LogP contribution is 2.27. The van der Waals surface area contributed by atoms with Gasteiger partial charge in [0.15, 0.2) is 5.82 Å². The van der Waals surface area contributed by atoms with E-state index in [0.717, 1.165) is 13.0 Å². The average Bonchev–Trinajstić information content (AvgIpc) is 2.67. The molecule has 0 aliphatic carbocycles. The van der Waals surface area contributed by atoms with Crippen molar-refractivity contribution in [2.45, 2.75) is 25.5 Å². The van der Waals surface area contributed by atoms with Gasteiger partial charge in [0.05, 0.1) is 24.0 Å². The molecule has 1 saturated heterocycles. The molecule has 2 atom stereocenters. The van der Waals surface area contributed by atoms with Crippen molar-refractivity contribution in [2.24, 2.45) is 0 Å². The Bertz CT molecular complexity index is 387. The first-order chi connectivity index (χ1) is 7.59. The van der Waals surface area contributed by atoms with E-state index < -0.39 is 0 Å². The number of likely N-dealkylation sites (N-methyl/N-ethyl adjacent to an activating group) is 1. The molecule has 16 heavy (non-hydrogen) atoms. The SMILES string of the molecule is CC1OCCC1N(C)c1nc(Cl)ncc1N. The second-order valence-corrected chi connectivity index (χ2v) is 4.30. The molecule has 0 aromatic carbocycles. The zero-order chi connectivity index (χ0) is 11.7. The number of nitrogen functional groups attached to an aromatic ring is 1. The number of hydrogen-bond acceptors (Lipinski definition) is 5. The van der Waals surface area contributed by atoms with Gasteiger partial charge in [0.25, 0.3) is 0 Å². The van der Waals surface area contributed by atoms with Crippen molar-refractivity contribution in [3.63, 3.8) is 0 Å². The molecule has 0 amide bonds. The van der Waals surface area contributed by atoms with E-state index >= 15 is 0 Å². The van der Waals surface area contributed by atoms with Gasteiger partial charge in [-0.2, -0.15) is 4.98 Å². The van der Waals surface area contributed by atoms with E-state index in [2.05, 4.69) is 9.97 Å². The van der Waals surface area contributed by atoms with Crippen LogP contribution in [0.15, 0.2) is 6.20 Å².